The first-order chi connectivity index (χ1) is 9.93. The third-order valence-corrected chi connectivity index (χ3v) is 4.56. The van der Waals surface area contributed by atoms with Crippen LogP contribution in [-0.4, -0.2) is 10.5 Å². The van der Waals surface area contributed by atoms with E-state index in [-0.39, 0.29) is 5.54 Å². The van der Waals surface area contributed by atoms with Crippen LogP contribution in [0.1, 0.15) is 51.0 Å². The Hall–Kier alpha value is -1.49. The lowest BCUT2D eigenvalue weighted by Gasteiger charge is -2.37. The third-order valence-electron chi connectivity index (χ3n) is 4.56. The van der Waals surface area contributed by atoms with Gasteiger partial charge in [0.05, 0.1) is 4.92 Å². The third kappa shape index (κ3) is 4.00. The van der Waals surface area contributed by atoms with Gasteiger partial charge in [0, 0.05) is 11.6 Å². The molecular weight excluding hydrogens is 271 g/mol. The van der Waals surface area contributed by atoms with Crippen LogP contribution in [0.4, 0.5) is 10.1 Å². The minimum atomic E-state index is -0.777. The molecule has 1 aliphatic rings. The van der Waals surface area contributed by atoms with Gasteiger partial charge in [-0.15, -0.1) is 0 Å². The van der Waals surface area contributed by atoms with Gasteiger partial charge in [-0.05, 0) is 49.7 Å². The number of nitro groups is 1. The lowest BCUT2D eigenvalue weighted by Crippen LogP contribution is -2.45. The molecule has 4 nitrogen and oxygen atoms in total. The van der Waals surface area contributed by atoms with Crippen LogP contribution in [0.25, 0.3) is 0 Å². The highest BCUT2D eigenvalue weighted by Crippen LogP contribution is 2.35. The normalized spacial score (nSPS) is 25.8. The molecule has 0 saturated heterocycles. The molecule has 0 bridgehead atoms. The Balaban J connectivity index is 2.01. The molecule has 0 amide bonds. The van der Waals surface area contributed by atoms with Crippen molar-refractivity contribution >= 4 is 5.69 Å². The maximum Gasteiger partial charge on any atom is 0.304 e. The fraction of sp³-hybridized carbons (Fsp3) is 0.625. The van der Waals surface area contributed by atoms with E-state index in [9.17, 15) is 14.5 Å². The summed E-state index contributed by atoms with van der Waals surface area (Å²) in [5.41, 5.74) is 6.41. The average Bonchev–Trinajstić information content (AvgIpc) is 2.41. The molecule has 0 unspecified atom stereocenters. The largest absolute Gasteiger partial charge is 0.325 e. The van der Waals surface area contributed by atoms with Crippen molar-refractivity contribution < 1.29 is 9.31 Å². The fourth-order valence-corrected chi connectivity index (χ4v) is 3.34. The van der Waals surface area contributed by atoms with Crippen molar-refractivity contribution in [3.05, 3.63) is 39.7 Å². The smallest absolute Gasteiger partial charge is 0.304 e. The SMILES string of the molecule is CCCC1CCC(N)(Cc2ccc([N+](=O)[O-])c(F)c2)CC1. The quantitative estimate of drug-likeness (QED) is 0.660. The highest BCUT2D eigenvalue weighted by atomic mass is 19.1. The number of hydrogen-bond acceptors (Lipinski definition) is 3. The molecule has 0 aromatic heterocycles. The van der Waals surface area contributed by atoms with Crippen LogP contribution in [0.5, 0.6) is 0 Å². The highest BCUT2D eigenvalue weighted by Gasteiger charge is 2.31. The summed E-state index contributed by atoms with van der Waals surface area (Å²) >= 11 is 0. The number of rotatable bonds is 5. The van der Waals surface area contributed by atoms with E-state index in [4.69, 9.17) is 5.73 Å². The van der Waals surface area contributed by atoms with E-state index in [0.717, 1.165) is 37.2 Å². The summed E-state index contributed by atoms with van der Waals surface area (Å²) in [5.74, 6) is -0.0129. The van der Waals surface area contributed by atoms with Crippen LogP contribution in [0.3, 0.4) is 0 Å². The minimum Gasteiger partial charge on any atom is -0.325 e. The van der Waals surface area contributed by atoms with E-state index in [2.05, 4.69) is 6.92 Å². The van der Waals surface area contributed by atoms with Gasteiger partial charge in [-0.2, -0.15) is 4.39 Å². The van der Waals surface area contributed by atoms with E-state index in [0.29, 0.717) is 6.42 Å². The van der Waals surface area contributed by atoms with Crippen molar-refractivity contribution in [1.82, 2.24) is 0 Å². The zero-order valence-corrected chi connectivity index (χ0v) is 12.5. The molecule has 1 fully saturated rings. The number of hydrogen-bond donors (Lipinski definition) is 1. The summed E-state index contributed by atoms with van der Waals surface area (Å²) in [5, 5.41) is 10.6. The maximum absolute atomic E-state index is 13.7. The standard InChI is InChI=1S/C16H23FN2O2/c1-2-3-12-6-8-16(18,9-7-12)11-13-4-5-15(19(20)21)14(17)10-13/h4-5,10,12H,2-3,6-9,11,18H2,1H3. The monoisotopic (exact) mass is 294 g/mol. The maximum atomic E-state index is 13.7. The fourth-order valence-electron chi connectivity index (χ4n) is 3.34. The molecule has 21 heavy (non-hydrogen) atoms. The first-order valence-electron chi connectivity index (χ1n) is 7.65. The molecule has 0 radical (unpaired) electrons. The summed E-state index contributed by atoms with van der Waals surface area (Å²) in [7, 11) is 0. The number of nitrogens with zero attached hydrogens (tertiary/aromatic N) is 1. The molecule has 0 aliphatic heterocycles. The molecule has 5 heteroatoms. The van der Waals surface area contributed by atoms with E-state index in [1.165, 1.54) is 25.0 Å². The van der Waals surface area contributed by atoms with Crippen LogP contribution >= 0.6 is 0 Å². The summed E-state index contributed by atoms with van der Waals surface area (Å²) in [6.45, 7) is 2.20. The van der Waals surface area contributed by atoms with Gasteiger partial charge >= 0.3 is 5.69 Å². The first kappa shape index (κ1) is 15.9. The molecule has 1 aromatic carbocycles. The zero-order valence-electron chi connectivity index (χ0n) is 12.5. The Morgan fingerprint density at radius 2 is 2.10 bits per heavy atom. The van der Waals surface area contributed by atoms with Gasteiger partial charge in [0.2, 0.25) is 5.82 Å². The second-order valence-corrected chi connectivity index (χ2v) is 6.31. The Morgan fingerprint density at radius 3 is 2.62 bits per heavy atom. The lowest BCUT2D eigenvalue weighted by atomic mass is 9.73. The van der Waals surface area contributed by atoms with E-state index in [1.54, 1.807) is 6.07 Å². The Bertz CT molecular complexity index is 511. The predicted molar refractivity (Wildman–Crippen MR) is 80.5 cm³/mol. The molecular formula is C16H23FN2O2. The summed E-state index contributed by atoms with van der Waals surface area (Å²) in [4.78, 5) is 9.92. The number of halogens is 1. The van der Waals surface area contributed by atoms with Gasteiger partial charge in [0.1, 0.15) is 0 Å². The Kier molecular flexibility index (Phi) is 4.93. The summed E-state index contributed by atoms with van der Waals surface area (Å²) in [6.07, 6.45) is 7.17. The van der Waals surface area contributed by atoms with Crippen LogP contribution in [0.15, 0.2) is 18.2 Å². The molecule has 1 aliphatic carbocycles. The van der Waals surface area contributed by atoms with E-state index < -0.39 is 16.4 Å². The molecule has 0 heterocycles. The van der Waals surface area contributed by atoms with Crippen molar-refractivity contribution in [2.75, 3.05) is 0 Å². The van der Waals surface area contributed by atoms with Crippen molar-refractivity contribution in [1.29, 1.82) is 0 Å². The van der Waals surface area contributed by atoms with Gasteiger partial charge in [-0.3, -0.25) is 10.1 Å². The van der Waals surface area contributed by atoms with Crippen molar-refractivity contribution in [2.45, 2.75) is 57.4 Å². The molecule has 2 rings (SSSR count). The topological polar surface area (TPSA) is 69.2 Å². The van der Waals surface area contributed by atoms with Crippen LogP contribution < -0.4 is 5.73 Å². The number of benzene rings is 1. The number of nitrogens with two attached hydrogens (primary N) is 1. The molecule has 1 aromatic rings. The molecule has 116 valence electrons. The first-order valence-corrected chi connectivity index (χ1v) is 7.65. The minimum absolute atomic E-state index is 0.299. The van der Waals surface area contributed by atoms with E-state index >= 15 is 0 Å². The molecule has 0 spiro atoms. The van der Waals surface area contributed by atoms with Crippen molar-refractivity contribution in [2.24, 2.45) is 11.7 Å². The van der Waals surface area contributed by atoms with Gasteiger partial charge in [-0.25, -0.2) is 0 Å². The second-order valence-electron chi connectivity index (χ2n) is 6.31. The zero-order chi connectivity index (χ0) is 15.5. The molecule has 0 atom stereocenters. The lowest BCUT2D eigenvalue weighted by molar-refractivity contribution is -0.387. The van der Waals surface area contributed by atoms with Gasteiger partial charge in [0.15, 0.2) is 0 Å². The van der Waals surface area contributed by atoms with Crippen LogP contribution in [-0.2, 0) is 6.42 Å². The molecule has 2 N–H and O–H groups in total. The Labute approximate surface area is 124 Å². The van der Waals surface area contributed by atoms with Crippen LogP contribution in [0, 0.1) is 21.8 Å². The van der Waals surface area contributed by atoms with Gasteiger partial charge < -0.3 is 5.73 Å². The van der Waals surface area contributed by atoms with Crippen molar-refractivity contribution in [3.63, 3.8) is 0 Å². The predicted octanol–water partition coefficient (Wildman–Crippen LogP) is 3.96. The van der Waals surface area contributed by atoms with Crippen LogP contribution in [0.2, 0.25) is 0 Å². The summed E-state index contributed by atoms with van der Waals surface area (Å²) in [6, 6.07) is 4.11. The van der Waals surface area contributed by atoms with Gasteiger partial charge in [-0.1, -0.05) is 25.8 Å². The van der Waals surface area contributed by atoms with Gasteiger partial charge in [0.25, 0.3) is 0 Å². The van der Waals surface area contributed by atoms with E-state index in [1.807, 2.05) is 0 Å². The summed E-state index contributed by atoms with van der Waals surface area (Å²) < 4.78 is 13.7. The highest BCUT2D eigenvalue weighted by molar-refractivity contribution is 5.35. The number of nitro benzene ring substituents is 1. The average molecular weight is 294 g/mol. The second kappa shape index (κ2) is 6.52. The van der Waals surface area contributed by atoms with Crippen molar-refractivity contribution in [3.8, 4) is 0 Å². The molecule has 1 saturated carbocycles. The Morgan fingerprint density at radius 1 is 1.43 bits per heavy atom.